The molecule has 0 heterocycles. The predicted octanol–water partition coefficient (Wildman–Crippen LogP) is 4.98. The van der Waals surface area contributed by atoms with E-state index >= 15 is 0 Å². The van der Waals surface area contributed by atoms with Crippen LogP contribution in [-0.4, -0.2) is 17.0 Å². The summed E-state index contributed by atoms with van der Waals surface area (Å²) in [7, 11) is 0. The molecule has 1 N–H and O–H groups in total. The molecule has 0 aliphatic heterocycles. The SMILES string of the molecule is O=C(Oc1cc2ccccc2c(O)c1OC(=O)c1ccccc1)c1ccccc1. The highest BCUT2D eigenvalue weighted by Crippen LogP contribution is 2.43. The van der Waals surface area contributed by atoms with E-state index in [4.69, 9.17) is 9.47 Å². The van der Waals surface area contributed by atoms with Gasteiger partial charge in [0.05, 0.1) is 11.1 Å². The first-order chi connectivity index (χ1) is 14.1. The largest absolute Gasteiger partial charge is 0.504 e. The lowest BCUT2D eigenvalue weighted by atomic mass is 10.1. The van der Waals surface area contributed by atoms with Crippen molar-refractivity contribution < 1.29 is 24.2 Å². The summed E-state index contributed by atoms with van der Waals surface area (Å²) in [6, 6.07) is 25.3. The maximum atomic E-state index is 12.5. The normalized spacial score (nSPS) is 10.5. The Morgan fingerprint density at radius 2 is 1.17 bits per heavy atom. The van der Waals surface area contributed by atoms with Crippen molar-refractivity contribution in [2.75, 3.05) is 0 Å². The summed E-state index contributed by atoms with van der Waals surface area (Å²) < 4.78 is 10.9. The highest BCUT2D eigenvalue weighted by molar-refractivity contribution is 5.98. The molecule has 0 fully saturated rings. The summed E-state index contributed by atoms with van der Waals surface area (Å²) >= 11 is 0. The molecule has 0 saturated carbocycles. The molecular formula is C24H16O5. The predicted molar refractivity (Wildman–Crippen MR) is 108 cm³/mol. The molecule has 4 rings (SSSR count). The third-order valence-electron chi connectivity index (χ3n) is 4.36. The van der Waals surface area contributed by atoms with Gasteiger partial charge < -0.3 is 14.6 Å². The first kappa shape index (κ1) is 18.3. The van der Waals surface area contributed by atoms with Crippen LogP contribution in [0.2, 0.25) is 0 Å². The minimum Gasteiger partial charge on any atom is -0.504 e. The van der Waals surface area contributed by atoms with E-state index in [1.165, 1.54) is 0 Å². The number of rotatable bonds is 4. The molecule has 5 nitrogen and oxygen atoms in total. The maximum absolute atomic E-state index is 12.5. The number of phenolic OH excluding ortho intramolecular Hbond substituents is 1. The monoisotopic (exact) mass is 384 g/mol. The molecule has 4 aromatic rings. The Bertz CT molecular complexity index is 1180. The van der Waals surface area contributed by atoms with Crippen LogP contribution in [-0.2, 0) is 0 Å². The standard InChI is InChI=1S/C24H16O5/c25-21-19-14-8-7-13-18(19)15-20(28-23(26)16-9-3-1-4-10-16)22(21)29-24(27)17-11-5-2-6-12-17/h1-15,25H. The Hall–Kier alpha value is -4.12. The summed E-state index contributed by atoms with van der Waals surface area (Å²) in [4.78, 5) is 25.1. The molecule has 4 aromatic carbocycles. The van der Waals surface area contributed by atoms with E-state index in [-0.39, 0.29) is 17.2 Å². The van der Waals surface area contributed by atoms with Crippen LogP contribution in [0.5, 0.6) is 17.2 Å². The number of aromatic hydroxyl groups is 1. The second-order valence-electron chi connectivity index (χ2n) is 6.28. The van der Waals surface area contributed by atoms with Gasteiger partial charge in [0, 0.05) is 5.39 Å². The fourth-order valence-corrected chi connectivity index (χ4v) is 2.92. The Morgan fingerprint density at radius 3 is 1.79 bits per heavy atom. The molecule has 0 bridgehead atoms. The number of hydrogen-bond acceptors (Lipinski definition) is 5. The summed E-state index contributed by atoms with van der Waals surface area (Å²) in [5.41, 5.74) is 0.640. The smallest absolute Gasteiger partial charge is 0.343 e. The molecule has 0 saturated heterocycles. The van der Waals surface area contributed by atoms with Crippen molar-refractivity contribution in [3.8, 4) is 17.2 Å². The molecule has 5 heteroatoms. The zero-order chi connectivity index (χ0) is 20.2. The Morgan fingerprint density at radius 1 is 0.655 bits per heavy atom. The van der Waals surface area contributed by atoms with Gasteiger partial charge >= 0.3 is 11.9 Å². The lowest BCUT2D eigenvalue weighted by Crippen LogP contribution is -2.12. The molecule has 0 radical (unpaired) electrons. The molecule has 0 aliphatic carbocycles. The quantitative estimate of drug-likeness (QED) is 0.397. The van der Waals surface area contributed by atoms with E-state index in [0.717, 1.165) is 0 Å². The highest BCUT2D eigenvalue weighted by atomic mass is 16.6. The van der Waals surface area contributed by atoms with Gasteiger partial charge in [-0.1, -0.05) is 60.7 Å². The first-order valence-corrected chi connectivity index (χ1v) is 8.92. The van der Waals surface area contributed by atoms with Crippen LogP contribution in [0.1, 0.15) is 20.7 Å². The average Bonchev–Trinajstić information content (AvgIpc) is 2.77. The summed E-state index contributed by atoms with van der Waals surface area (Å²) in [6.45, 7) is 0. The van der Waals surface area contributed by atoms with Crippen LogP contribution in [0.3, 0.4) is 0 Å². The molecular weight excluding hydrogens is 368 g/mol. The summed E-state index contributed by atoms with van der Waals surface area (Å²) in [5, 5.41) is 11.9. The Labute approximate surface area is 166 Å². The first-order valence-electron chi connectivity index (χ1n) is 8.92. The van der Waals surface area contributed by atoms with Crippen LogP contribution in [0, 0.1) is 0 Å². The molecule has 0 aromatic heterocycles. The number of phenols is 1. The van der Waals surface area contributed by atoms with Crippen molar-refractivity contribution in [3.63, 3.8) is 0 Å². The van der Waals surface area contributed by atoms with E-state index in [1.807, 2.05) is 0 Å². The van der Waals surface area contributed by atoms with Gasteiger partial charge in [-0.3, -0.25) is 0 Å². The fourth-order valence-electron chi connectivity index (χ4n) is 2.92. The van der Waals surface area contributed by atoms with Crippen molar-refractivity contribution in [1.29, 1.82) is 0 Å². The molecule has 0 amide bonds. The van der Waals surface area contributed by atoms with Gasteiger partial charge in [0.25, 0.3) is 0 Å². The molecule has 0 atom stereocenters. The van der Waals surface area contributed by atoms with E-state index in [0.29, 0.717) is 21.9 Å². The number of esters is 2. The van der Waals surface area contributed by atoms with Crippen molar-refractivity contribution in [3.05, 3.63) is 102 Å². The van der Waals surface area contributed by atoms with Crippen LogP contribution >= 0.6 is 0 Å². The zero-order valence-electron chi connectivity index (χ0n) is 15.2. The van der Waals surface area contributed by atoms with Gasteiger partial charge in [0.1, 0.15) is 0 Å². The maximum Gasteiger partial charge on any atom is 0.343 e. The van der Waals surface area contributed by atoms with Crippen molar-refractivity contribution in [2.24, 2.45) is 0 Å². The van der Waals surface area contributed by atoms with Crippen LogP contribution in [0.15, 0.2) is 91.0 Å². The van der Waals surface area contributed by atoms with Gasteiger partial charge in [0.15, 0.2) is 11.5 Å². The fraction of sp³-hybridized carbons (Fsp3) is 0. The van der Waals surface area contributed by atoms with Gasteiger partial charge in [-0.15, -0.1) is 0 Å². The zero-order valence-corrected chi connectivity index (χ0v) is 15.2. The van der Waals surface area contributed by atoms with Gasteiger partial charge in [0.2, 0.25) is 5.75 Å². The van der Waals surface area contributed by atoms with E-state index in [9.17, 15) is 14.7 Å². The summed E-state index contributed by atoms with van der Waals surface area (Å²) in [5.74, 6) is -1.82. The van der Waals surface area contributed by atoms with E-state index < -0.39 is 11.9 Å². The molecule has 0 unspecified atom stereocenters. The topological polar surface area (TPSA) is 72.8 Å². The van der Waals surface area contributed by atoms with Crippen molar-refractivity contribution in [2.45, 2.75) is 0 Å². The second-order valence-corrected chi connectivity index (χ2v) is 6.28. The van der Waals surface area contributed by atoms with E-state index in [1.54, 1.807) is 91.0 Å². The lowest BCUT2D eigenvalue weighted by Gasteiger charge is -2.14. The van der Waals surface area contributed by atoms with Crippen LogP contribution in [0.25, 0.3) is 10.8 Å². The summed E-state index contributed by atoms with van der Waals surface area (Å²) in [6.07, 6.45) is 0. The molecule has 0 spiro atoms. The number of fused-ring (bicyclic) bond motifs is 1. The van der Waals surface area contributed by atoms with Gasteiger partial charge in [-0.2, -0.15) is 0 Å². The minimum absolute atomic E-state index is 0.0423. The van der Waals surface area contributed by atoms with Crippen LogP contribution in [0.4, 0.5) is 0 Å². The van der Waals surface area contributed by atoms with E-state index in [2.05, 4.69) is 0 Å². The Balaban J connectivity index is 1.76. The number of benzene rings is 4. The number of carbonyl (C=O) groups excluding carboxylic acids is 2. The molecule has 0 aliphatic rings. The second kappa shape index (κ2) is 7.86. The highest BCUT2D eigenvalue weighted by Gasteiger charge is 2.22. The third-order valence-corrected chi connectivity index (χ3v) is 4.36. The lowest BCUT2D eigenvalue weighted by molar-refractivity contribution is 0.0679. The van der Waals surface area contributed by atoms with Gasteiger partial charge in [-0.25, -0.2) is 9.59 Å². The number of ether oxygens (including phenoxy) is 2. The Kier molecular flexibility index (Phi) is 4.95. The number of carbonyl (C=O) groups is 2. The van der Waals surface area contributed by atoms with Crippen molar-refractivity contribution >= 4 is 22.7 Å². The molecule has 29 heavy (non-hydrogen) atoms. The minimum atomic E-state index is -0.673. The third kappa shape index (κ3) is 3.80. The average molecular weight is 384 g/mol. The number of hydrogen-bond donors (Lipinski definition) is 1. The van der Waals surface area contributed by atoms with Crippen molar-refractivity contribution in [1.82, 2.24) is 0 Å². The molecule has 142 valence electrons. The van der Waals surface area contributed by atoms with Gasteiger partial charge in [-0.05, 0) is 35.7 Å². The van der Waals surface area contributed by atoms with Crippen LogP contribution < -0.4 is 9.47 Å².